The summed E-state index contributed by atoms with van der Waals surface area (Å²) in [5.41, 5.74) is 5.02. The standard InChI is InChI=1S/C8H12N5O5P/c1-18-4(19(15,16)17)2-3-10-5-6(11-3)12-8(9)13-7(5)14/h4H,2H2,1H3,(H2,15,16,17)(H4,9,10,11,12,13,14). The molecule has 2 aromatic heterocycles. The topological polar surface area (TPSA) is 167 Å². The molecule has 0 spiro atoms. The second kappa shape index (κ2) is 4.74. The van der Waals surface area contributed by atoms with Crippen LogP contribution in [0.4, 0.5) is 5.95 Å². The maximum absolute atomic E-state index is 11.5. The molecule has 0 bridgehead atoms. The van der Waals surface area contributed by atoms with Crippen molar-refractivity contribution in [3.8, 4) is 0 Å². The van der Waals surface area contributed by atoms with Crippen LogP contribution < -0.4 is 11.3 Å². The Hall–Kier alpha value is -1.74. The summed E-state index contributed by atoms with van der Waals surface area (Å²) in [5, 5.41) is 0. The van der Waals surface area contributed by atoms with Gasteiger partial charge in [-0.25, -0.2) is 4.98 Å². The smallest absolute Gasteiger partial charge is 0.354 e. The third-order valence-corrected chi connectivity index (χ3v) is 3.59. The molecular formula is C8H12N5O5P. The number of H-pyrrole nitrogens is 2. The van der Waals surface area contributed by atoms with Gasteiger partial charge in [-0.05, 0) is 0 Å². The van der Waals surface area contributed by atoms with Crippen LogP contribution >= 0.6 is 7.60 Å². The van der Waals surface area contributed by atoms with E-state index in [9.17, 15) is 9.36 Å². The number of nitrogens with one attached hydrogen (secondary N) is 2. The predicted molar refractivity (Wildman–Crippen MR) is 65.5 cm³/mol. The van der Waals surface area contributed by atoms with E-state index in [-0.39, 0.29) is 29.4 Å². The van der Waals surface area contributed by atoms with Crippen LogP contribution in [0.2, 0.25) is 0 Å². The highest BCUT2D eigenvalue weighted by Gasteiger charge is 2.30. The number of imidazole rings is 1. The number of nitrogens with two attached hydrogens (primary N) is 1. The van der Waals surface area contributed by atoms with Gasteiger partial charge in [0.1, 0.15) is 5.82 Å². The van der Waals surface area contributed by atoms with Gasteiger partial charge in [0.25, 0.3) is 5.56 Å². The fourth-order valence-corrected chi connectivity index (χ4v) is 2.26. The minimum Gasteiger partial charge on any atom is -0.369 e. The highest BCUT2D eigenvalue weighted by Crippen LogP contribution is 2.42. The van der Waals surface area contributed by atoms with Crippen LogP contribution in [0.1, 0.15) is 5.82 Å². The molecule has 1 unspecified atom stereocenters. The number of hydrogen-bond acceptors (Lipinski definition) is 6. The molecule has 0 aliphatic rings. The zero-order chi connectivity index (χ0) is 14.2. The summed E-state index contributed by atoms with van der Waals surface area (Å²) < 4.78 is 15.8. The van der Waals surface area contributed by atoms with E-state index >= 15 is 0 Å². The van der Waals surface area contributed by atoms with Crippen molar-refractivity contribution < 1.29 is 19.1 Å². The molecule has 0 fully saturated rings. The van der Waals surface area contributed by atoms with Gasteiger partial charge in [0, 0.05) is 13.5 Å². The van der Waals surface area contributed by atoms with Gasteiger partial charge in [-0.3, -0.25) is 14.3 Å². The van der Waals surface area contributed by atoms with Crippen molar-refractivity contribution in [2.24, 2.45) is 0 Å². The summed E-state index contributed by atoms with van der Waals surface area (Å²) in [6.45, 7) is 0. The summed E-state index contributed by atoms with van der Waals surface area (Å²) in [7, 11) is -3.24. The molecule has 0 aliphatic carbocycles. The molecule has 2 heterocycles. The van der Waals surface area contributed by atoms with E-state index in [2.05, 4.69) is 19.9 Å². The Bertz CT molecular complexity index is 703. The van der Waals surface area contributed by atoms with Gasteiger partial charge in [-0.2, -0.15) is 4.98 Å². The first kappa shape index (κ1) is 13.7. The number of ether oxygens (including phenoxy) is 1. The van der Waals surface area contributed by atoms with Crippen LogP contribution in [0.3, 0.4) is 0 Å². The molecule has 104 valence electrons. The molecular weight excluding hydrogens is 277 g/mol. The van der Waals surface area contributed by atoms with Crippen LogP contribution in [-0.2, 0) is 15.7 Å². The highest BCUT2D eigenvalue weighted by molar-refractivity contribution is 7.52. The minimum atomic E-state index is -4.42. The average molecular weight is 289 g/mol. The lowest BCUT2D eigenvalue weighted by molar-refractivity contribution is 0.135. The Morgan fingerprint density at radius 1 is 1.42 bits per heavy atom. The van der Waals surface area contributed by atoms with Gasteiger partial charge in [0.2, 0.25) is 5.95 Å². The second-order valence-corrected chi connectivity index (χ2v) is 5.57. The molecule has 0 saturated carbocycles. The van der Waals surface area contributed by atoms with E-state index in [0.29, 0.717) is 0 Å². The Morgan fingerprint density at radius 3 is 2.68 bits per heavy atom. The molecule has 11 heteroatoms. The van der Waals surface area contributed by atoms with E-state index in [1.54, 1.807) is 0 Å². The largest absolute Gasteiger partial charge is 0.369 e. The summed E-state index contributed by atoms with van der Waals surface area (Å²) in [6, 6.07) is 0. The molecule has 0 radical (unpaired) electrons. The zero-order valence-corrected chi connectivity index (χ0v) is 10.7. The van der Waals surface area contributed by atoms with Gasteiger partial charge in [0.05, 0.1) is 0 Å². The summed E-state index contributed by atoms with van der Waals surface area (Å²) >= 11 is 0. The van der Waals surface area contributed by atoms with Crippen molar-refractivity contribution in [1.29, 1.82) is 0 Å². The summed E-state index contributed by atoms with van der Waals surface area (Å²) in [5.74, 6) is -1.26. The van der Waals surface area contributed by atoms with E-state index in [0.717, 1.165) is 0 Å². The van der Waals surface area contributed by atoms with Crippen molar-refractivity contribution >= 4 is 24.7 Å². The van der Waals surface area contributed by atoms with E-state index < -0.39 is 19.0 Å². The molecule has 1 atom stereocenters. The van der Waals surface area contributed by atoms with Crippen LogP contribution in [0.25, 0.3) is 11.2 Å². The minimum absolute atomic E-state index is 0.0804. The first-order chi connectivity index (χ1) is 8.81. The van der Waals surface area contributed by atoms with E-state index in [1.165, 1.54) is 7.11 Å². The first-order valence-electron chi connectivity index (χ1n) is 5.13. The number of nitrogens with zero attached hydrogens (tertiary/aromatic N) is 2. The normalized spacial score (nSPS) is 13.8. The number of hydrogen-bond donors (Lipinski definition) is 5. The molecule has 0 aromatic carbocycles. The quantitative estimate of drug-likeness (QED) is 0.443. The second-order valence-electron chi connectivity index (χ2n) is 3.82. The molecule has 0 saturated heterocycles. The van der Waals surface area contributed by atoms with E-state index in [4.69, 9.17) is 20.3 Å². The SMILES string of the molecule is COC(Cc1nc2nc(N)[nH]c(=O)c2[nH]1)P(=O)(O)O. The van der Waals surface area contributed by atoms with Gasteiger partial charge in [0.15, 0.2) is 17.0 Å². The van der Waals surface area contributed by atoms with Gasteiger partial charge in [-0.15, -0.1) is 0 Å². The number of aromatic amines is 2. The van der Waals surface area contributed by atoms with Gasteiger partial charge in [-0.1, -0.05) is 0 Å². The number of anilines is 1. The van der Waals surface area contributed by atoms with Crippen LogP contribution in [0.5, 0.6) is 0 Å². The number of rotatable bonds is 4. The fraction of sp³-hybridized carbons (Fsp3) is 0.375. The molecule has 10 nitrogen and oxygen atoms in total. The van der Waals surface area contributed by atoms with Gasteiger partial charge < -0.3 is 25.2 Å². The number of aromatic nitrogens is 4. The Morgan fingerprint density at radius 2 is 2.11 bits per heavy atom. The average Bonchev–Trinajstić information content (AvgIpc) is 2.67. The Balaban J connectivity index is 2.39. The Labute approximate surface area is 106 Å². The Kier molecular flexibility index (Phi) is 3.42. The molecule has 2 aromatic rings. The lowest BCUT2D eigenvalue weighted by Crippen LogP contribution is -2.15. The monoisotopic (exact) mass is 289 g/mol. The van der Waals surface area contributed by atoms with Crippen molar-refractivity contribution in [2.75, 3.05) is 12.8 Å². The van der Waals surface area contributed by atoms with Crippen molar-refractivity contribution in [2.45, 2.75) is 12.3 Å². The zero-order valence-electron chi connectivity index (χ0n) is 9.82. The van der Waals surface area contributed by atoms with Crippen molar-refractivity contribution in [1.82, 2.24) is 19.9 Å². The first-order valence-corrected chi connectivity index (χ1v) is 6.82. The number of fused-ring (bicyclic) bond motifs is 1. The van der Waals surface area contributed by atoms with Crippen LogP contribution in [0, 0.1) is 0 Å². The highest BCUT2D eigenvalue weighted by atomic mass is 31.2. The van der Waals surface area contributed by atoms with Crippen LogP contribution in [0.15, 0.2) is 4.79 Å². The molecule has 19 heavy (non-hydrogen) atoms. The summed E-state index contributed by atoms with van der Waals surface area (Å²) in [6.07, 6.45) is -0.184. The molecule has 0 amide bonds. The lowest BCUT2D eigenvalue weighted by atomic mass is 10.4. The molecule has 6 N–H and O–H groups in total. The van der Waals surface area contributed by atoms with Crippen molar-refractivity contribution in [3.63, 3.8) is 0 Å². The third kappa shape index (κ3) is 2.82. The predicted octanol–water partition coefficient (Wildman–Crippen LogP) is -1.08. The fourth-order valence-electron chi connectivity index (χ4n) is 1.57. The molecule has 0 aliphatic heterocycles. The lowest BCUT2D eigenvalue weighted by Gasteiger charge is -2.14. The third-order valence-electron chi connectivity index (χ3n) is 2.44. The maximum atomic E-state index is 11.5. The number of methoxy groups -OCH3 is 1. The van der Waals surface area contributed by atoms with Crippen LogP contribution in [-0.4, -0.2) is 42.7 Å². The maximum Gasteiger partial charge on any atom is 0.354 e. The molecule has 2 rings (SSSR count). The number of nitrogen functional groups attached to an aromatic ring is 1. The van der Waals surface area contributed by atoms with Gasteiger partial charge >= 0.3 is 7.60 Å². The summed E-state index contributed by atoms with van der Waals surface area (Å²) in [4.78, 5) is 42.3. The van der Waals surface area contributed by atoms with Crippen molar-refractivity contribution in [3.05, 3.63) is 16.2 Å². The van der Waals surface area contributed by atoms with E-state index in [1.807, 2.05) is 0 Å².